The monoisotopic (exact) mass is 195 g/mol. The number of hydrogen-bond donors (Lipinski definition) is 1. The van der Waals surface area contributed by atoms with Crippen LogP contribution in [0.15, 0.2) is 11.8 Å². The predicted molar refractivity (Wildman–Crippen MR) is 49.1 cm³/mol. The maximum absolute atomic E-state index is 11.5. The van der Waals surface area contributed by atoms with Crippen LogP contribution < -0.4 is 5.32 Å². The molecule has 0 aromatic rings. The number of carbonyl (C=O) groups is 2. The molecule has 0 bridgehead atoms. The highest BCUT2D eigenvalue weighted by molar-refractivity contribution is 5.96. The number of allylic oxidation sites excluding steroid dienone is 1. The summed E-state index contributed by atoms with van der Waals surface area (Å²) >= 11 is 0. The van der Waals surface area contributed by atoms with E-state index in [1.54, 1.807) is 0 Å². The molecule has 1 aliphatic heterocycles. The van der Waals surface area contributed by atoms with Crippen molar-refractivity contribution >= 4 is 11.9 Å². The number of amides is 1. The predicted octanol–water partition coefficient (Wildman–Crippen LogP) is 0.589. The summed E-state index contributed by atoms with van der Waals surface area (Å²) in [6.07, 6.45) is 4.83. The summed E-state index contributed by atoms with van der Waals surface area (Å²) in [5.41, 5.74) is 0.306. The fourth-order valence-corrected chi connectivity index (χ4v) is 2.22. The van der Waals surface area contributed by atoms with Crippen LogP contribution in [-0.4, -0.2) is 19.0 Å². The zero-order valence-corrected chi connectivity index (χ0v) is 8.08. The molecule has 4 nitrogen and oxygen atoms in total. The SMILES string of the molecule is COC(=O)C1=CC2CCCC2C(=O)N1. The van der Waals surface area contributed by atoms with Gasteiger partial charge in [0, 0.05) is 5.92 Å². The molecule has 1 fully saturated rings. The van der Waals surface area contributed by atoms with Crippen molar-refractivity contribution in [1.29, 1.82) is 0 Å². The fraction of sp³-hybridized carbons (Fsp3) is 0.600. The highest BCUT2D eigenvalue weighted by Gasteiger charge is 2.36. The zero-order valence-electron chi connectivity index (χ0n) is 8.08. The summed E-state index contributed by atoms with van der Waals surface area (Å²) in [5.74, 6) is -0.180. The average molecular weight is 195 g/mol. The van der Waals surface area contributed by atoms with Gasteiger partial charge in [0.05, 0.1) is 7.11 Å². The standard InChI is InChI=1S/C10H13NO3/c1-14-10(13)8-5-6-3-2-4-7(6)9(12)11-8/h5-7H,2-4H2,1H3,(H,11,12). The molecule has 2 unspecified atom stereocenters. The molecule has 1 heterocycles. The second-order valence-corrected chi connectivity index (χ2v) is 3.76. The van der Waals surface area contributed by atoms with E-state index in [1.165, 1.54) is 7.11 Å². The normalized spacial score (nSPS) is 30.4. The van der Waals surface area contributed by atoms with Gasteiger partial charge in [-0.05, 0) is 24.8 Å². The van der Waals surface area contributed by atoms with Gasteiger partial charge in [0.1, 0.15) is 5.70 Å². The third-order valence-electron chi connectivity index (χ3n) is 2.95. The molecule has 0 aromatic carbocycles. The van der Waals surface area contributed by atoms with Crippen molar-refractivity contribution in [1.82, 2.24) is 5.32 Å². The Balaban J connectivity index is 2.21. The molecule has 0 aromatic heterocycles. The van der Waals surface area contributed by atoms with Crippen LogP contribution in [0.5, 0.6) is 0 Å². The number of rotatable bonds is 1. The maximum Gasteiger partial charge on any atom is 0.354 e. The molecule has 76 valence electrons. The van der Waals surface area contributed by atoms with E-state index in [2.05, 4.69) is 10.1 Å². The van der Waals surface area contributed by atoms with Crippen molar-refractivity contribution in [3.8, 4) is 0 Å². The van der Waals surface area contributed by atoms with E-state index in [0.29, 0.717) is 5.70 Å². The molecule has 2 rings (SSSR count). The third kappa shape index (κ3) is 1.41. The van der Waals surface area contributed by atoms with Gasteiger partial charge in [-0.2, -0.15) is 0 Å². The number of ether oxygens (including phenoxy) is 1. The van der Waals surface area contributed by atoms with Crippen molar-refractivity contribution in [2.45, 2.75) is 19.3 Å². The smallest absolute Gasteiger partial charge is 0.354 e. The second kappa shape index (κ2) is 3.44. The maximum atomic E-state index is 11.5. The summed E-state index contributed by atoms with van der Waals surface area (Å²) in [6.45, 7) is 0. The van der Waals surface area contributed by atoms with Gasteiger partial charge in [-0.15, -0.1) is 0 Å². The minimum absolute atomic E-state index is 0.0320. The number of esters is 1. The van der Waals surface area contributed by atoms with E-state index in [9.17, 15) is 9.59 Å². The van der Waals surface area contributed by atoms with Crippen molar-refractivity contribution in [3.63, 3.8) is 0 Å². The van der Waals surface area contributed by atoms with Crippen LogP contribution in [0.2, 0.25) is 0 Å². The molecule has 2 atom stereocenters. The van der Waals surface area contributed by atoms with Gasteiger partial charge in [-0.3, -0.25) is 4.79 Å². The Morgan fingerprint density at radius 2 is 2.36 bits per heavy atom. The first kappa shape index (κ1) is 9.24. The number of methoxy groups -OCH3 is 1. The van der Waals surface area contributed by atoms with Crippen molar-refractivity contribution in [2.75, 3.05) is 7.11 Å². The number of carbonyl (C=O) groups excluding carboxylic acids is 2. The van der Waals surface area contributed by atoms with Gasteiger partial charge in [-0.1, -0.05) is 6.42 Å². The van der Waals surface area contributed by atoms with Gasteiger partial charge < -0.3 is 10.1 Å². The third-order valence-corrected chi connectivity index (χ3v) is 2.95. The van der Waals surface area contributed by atoms with Crippen LogP contribution in [-0.2, 0) is 14.3 Å². The first-order valence-electron chi connectivity index (χ1n) is 4.83. The van der Waals surface area contributed by atoms with Crippen LogP contribution in [0.25, 0.3) is 0 Å². The Hall–Kier alpha value is -1.32. The Morgan fingerprint density at radius 1 is 1.57 bits per heavy atom. The quantitative estimate of drug-likeness (QED) is 0.623. The number of hydrogen-bond acceptors (Lipinski definition) is 3. The van der Waals surface area contributed by atoms with Gasteiger partial charge in [-0.25, -0.2) is 4.79 Å². The van der Waals surface area contributed by atoms with Crippen LogP contribution >= 0.6 is 0 Å². The Kier molecular flexibility index (Phi) is 2.27. The molecule has 14 heavy (non-hydrogen) atoms. The van der Waals surface area contributed by atoms with E-state index in [-0.39, 0.29) is 17.7 Å². The molecular formula is C10H13NO3. The van der Waals surface area contributed by atoms with Crippen LogP contribution in [0.4, 0.5) is 0 Å². The lowest BCUT2D eigenvalue weighted by Gasteiger charge is -2.22. The largest absolute Gasteiger partial charge is 0.464 e. The van der Waals surface area contributed by atoms with E-state index in [0.717, 1.165) is 19.3 Å². The average Bonchev–Trinajstić information content (AvgIpc) is 2.64. The Morgan fingerprint density at radius 3 is 3.07 bits per heavy atom. The minimum atomic E-state index is -0.455. The molecule has 1 aliphatic carbocycles. The lowest BCUT2D eigenvalue weighted by Crippen LogP contribution is -2.39. The molecule has 1 amide bonds. The molecule has 0 radical (unpaired) electrons. The second-order valence-electron chi connectivity index (χ2n) is 3.76. The summed E-state index contributed by atoms with van der Waals surface area (Å²) in [5, 5.41) is 2.59. The molecular weight excluding hydrogens is 182 g/mol. The van der Waals surface area contributed by atoms with Crippen LogP contribution in [0.1, 0.15) is 19.3 Å². The minimum Gasteiger partial charge on any atom is -0.464 e. The molecule has 1 saturated carbocycles. The Labute approximate surface area is 82.3 Å². The molecule has 4 heteroatoms. The summed E-state index contributed by atoms with van der Waals surface area (Å²) in [4.78, 5) is 22.7. The van der Waals surface area contributed by atoms with E-state index in [4.69, 9.17) is 0 Å². The Bertz CT molecular complexity index is 308. The fourth-order valence-electron chi connectivity index (χ4n) is 2.22. The first-order valence-corrected chi connectivity index (χ1v) is 4.83. The van der Waals surface area contributed by atoms with E-state index >= 15 is 0 Å². The van der Waals surface area contributed by atoms with Crippen molar-refractivity contribution in [3.05, 3.63) is 11.8 Å². The lowest BCUT2D eigenvalue weighted by atomic mass is 9.91. The molecule has 2 aliphatic rings. The van der Waals surface area contributed by atoms with Gasteiger partial charge in [0.2, 0.25) is 5.91 Å². The summed E-state index contributed by atoms with van der Waals surface area (Å²) < 4.78 is 4.56. The molecule has 0 saturated heterocycles. The first-order chi connectivity index (χ1) is 6.72. The summed E-state index contributed by atoms with van der Waals surface area (Å²) in [7, 11) is 1.32. The van der Waals surface area contributed by atoms with E-state index in [1.807, 2.05) is 6.08 Å². The lowest BCUT2D eigenvalue weighted by molar-refractivity contribution is -0.139. The van der Waals surface area contributed by atoms with Crippen LogP contribution in [0, 0.1) is 11.8 Å². The highest BCUT2D eigenvalue weighted by atomic mass is 16.5. The van der Waals surface area contributed by atoms with Gasteiger partial charge in [0.25, 0.3) is 0 Å². The van der Waals surface area contributed by atoms with Crippen LogP contribution in [0.3, 0.4) is 0 Å². The van der Waals surface area contributed by atoms with Gasteiger partial charge >= 0.3 is 5.97 Å². The topological polar surface area (TPSA) is 55.4 Å². The number of fused-ring (bicyclic) bond motifs is 1. The zero-order chi connectivity index (χ0) is 10.1. The van der Waals surface area contributed by atoms with Crippen molar-refractivity contribution in [2.24, 2.45) is 11.8 Å². The van der Waals surface area contributed by atoms with E-state index < -0.39 is 5.97 Å². The van der Waals surface area contributed by atoms with Crippen molar-refractivity contribution < 1.29 is 14.3 Å². The number of nitrogens with one attached hydrogen (secondary N) is 1. The summed E-state index contributed by atoms with van der Waals surface area (Å²) in [6, 6.07) is 0. The molecule has 0 spiro atoms. The highest BCUT2D eigenvalue weighted by Crippen LogP contribution is 2.35. The van der Waals surface area contributed by atoms with Gasteiger partial charge in [0.15, 0.2) is 0 Å². The molecule has 1 N–H and O–H groups in total.